The van der Waals surface area contributed by atoms with Crippen LogP contribution in [0.25, 0.3) is 0 Å². The zero-order chi connectivity index (χ0) is 24.5. The molecule has 0 aliphatic heterocycles. The maximum Gasteiger partial charge on any atom is 0.209 e. The molecular weight excluding hydrogens is 434 g/mol. The van der Waals surface area contributed by atoms with Crippen molar-refractivity contribution in [2.45, 2.75) is 25.5 Å². The minimum absolute atomic E-state index is 0.112. The fourth-order valence-electron chi connectivity index (χ4n) is 3.59. The lowest BCUT2D eigenvalue weighted by Gasteiger charge is -2.25. The number of hydrogen-bond acceptors (Lipinski definition) is 8. The van der Waals surface area contributed by atoms with E-state index in [-0.39, 0.29) is 25.0 Å². The fourth-order valence-corrected chi connectivity index (χ4v) is 3.59. The van der Waals surface area contributed by atoms with Gasteiger partial charge in [0.2, 0.25) is 5.78 Å². The third-order valence-corrected chi connectivity index (χ3v) is 5.38. The van der Waals surface area contributed by atoms with Gasteiger partial charge in [-0.2, -0.15) is 0 Å². The predicted octanol–water partition coefficient (Wildman–Crippen LogP) is 3.29. The lowest BCUT2D eigenvalue weighted by molar-refractivity contribution is -0.114. The van der Waals surface area contributed by atoms with Gasteiger partial charge in [-0.05, 0) is 24.6 Å². The number of ketones is 1. The molecule has 178 valence electrons. The van der Waals surface area contributed by atoms with E-state index in [1.807, 2.05) is 37.3 Å². The summed E-state index contributed by atoms with van der Waals surface area (Å²) in [6.45, 7) is 1.97. The SMILES string of the molecule is COC1C=C(NC(C(=O)C(=N)/C(=N\O)c2ccccc2)c2ccc(C)cc2)C=C(OCCO)C1. The average Bonchev–Trinajstić information content (AvgIpc) is 2.87. The van der Waals surface area contributed by atoms with Crippen molar-refractivity contribution in [1.82, 2.24) is 5.32 Å². The summed E-state index contributed by atoms with van der Waals surface area (Å²) >= 11 is 0. The Morgan fingerprint density at radius 1 is 1.21 bits per heavy atom. The zero-order valence-corrected chi connectivity index (χ0v) is 19.2. The number of nitrogens with one attached hydrogen (secondary N) is 2. The fraction of sp³-hybridized carbons (Fsp3) is 0.269. The van der Waals surface area contributed by atoms with Gasteiger partial charge < -0.3 is 25.1 Å². The van der Waals surface area contributed by atoms with Crippen LogP contribution in [0.4, 0.5) is 0 Å². The molecule has 2 aromatic carbocycles. The summed E-state index contributed by atoms with van der Waals surface area (Å²) in [4.78, 5) is 13.6. The molecule has 3 rings (SSSR count). The van der Waals surface area contributed by atoms with Crippen LogP contribution in [0.3, 0.4) is 0 Å². The smallest absolute Gasteiger partial charge is 0.209 e. The summed E-state index contributed by atoms with van der Waals surface area (Å²) in [6, 6.07) is 15.1. The Morgan fingerprint density at radius 2 is 1.91 bits per heavy atom. The van der Waals surface area contributed by atoms with E-state index in [9.17, 15) is 10.0 Å². The lowest BCUT2D eigenvalue weighted by Crippen LogP contribution is -2.37. The maximum atomic E-state index is 13.6. The first kappa shape index (κ1) is 24.9. The molecule has 2 aromatic rings. The van der Waals surface area contributed by atoms with E-state index < -0.39 is 17.5 Å². The summed E-state index contributed by atoms with van der Waals surface area (Å²) in [5, 5.41) is 33.7. The first-order valence-electron chi connectivity index (χ1n) is 10.9. The second-order valence-electron chi connectivity index (χ2n) is 7.82. The number of rotatable bonds is 11. The first-order valence-corrected chi connectivity index (χ1v) is 10.9. The number of aryl methyl sites for hydroxylation is 1. The van der Waals surface area contributed by atoms with Gasteiger partial charge in [-0.3, -0.25) is 10.2 Å². The molecule has 1 aliphatic rings. The topological polar surface area (TPSA) is 124 Å². The number of carbonyl (C=O) groups is 1. The van der Waals surface area contributed by atoms with Gasteiger partial charge in [0.1, 0.15) is 29.8 Å². The number of allylic oxidation sites excluding steroid dienone is 1. The van der Waals surface area contributed by atoms with E-state index in [0.717, 1.165) is 5.56 Å². The van der Waals surface area contributed by atoms with Gasteiger partial charge in [0.25, 0.3) is 0 Å². The van der Waals surface area contributed by atoms with Gasteiger partial charge in [0.15, 0.2) is 0 Å². The summed E-state index contributed by atoms with van der Waals surface area (Å²) in [5.74, 6) is 0.0464. The standard InChI is InChI=1S/C26H29N3O5/c1-17-8-10-19(11-9-17)25(26(31)23(27)24(29-32)18-6-4-3-5-7-18)28-20-14-21(33-2)16-22(15-20)34-13-12-30/h3-11,14-15,21,25,27-28,30,32H,12-13,16H2,1-2H3/b27-23?,29-24-. The van der Waals surface area contributed by atoms with Crippen LogP contribution in [0, 0.1) is 12.3 Å². The number of ether oxygens (including phenoxy) is 2. The van der Waals surface area contributed by atoms with Gasteiger partial charge in [-0.15, -0.1) is 0 Å². The van der Waals surface area contributed by atoms with E-state index in [1.54, 1.807) is 43.5 Å². The van der Waals surface area contributed by atoms with Crippen LogP contribution in [0.1, 0.15) is 29.2 Å². The summed E-state index contributed by atoms with van der Waals surface area (Å²) in [7, 11) is 1.58. The lowest BCUT2D eigenvalue weighted by atomic mass is 9.93. The Morgan fingerprint density at radius 3 is 2.53 bits per heavy atom. The van der Waals surface area contributed by atoms with Crippen LogP contribution in [-0.2, 0) is 14.3 Å². The number of methoxy groups -OCH3 is 1. The molecular formula is C26H29N3O5. The molecule has 0 spiro atoms. The number of aliphatic hydroxyl groups excluding tert-OH is 1. The second-order valence-corrected chi connectivity index (χ2v) is 7.82. The molecule has 1 aliphatic carbocycles. The molecule has 2 unspecified atom stereocenters. The third-order valence-electron chi connectivity index (χ3n) is 5.38. The minimum Gasteiger partial charge on any atom is -0.495 e. The van der Waals surface area contributed by atoms with Crippen LogP contribution < -0.4 is 5.32 Å². The summed E-state index contributed by atoms with van der Waals surface area (Å²) < 4.78 is 11.1. The Bertz CT molecular complexity index is 1090. The van der Waals surface area contributed by atoms with Gasteiger partial charge >= 0.3 is 0 Å². The molecule has 0 saturated heterocycles. The molecule has 0 saturated carbocycles. The predicted molar refractivity (Wildman–Crippen MR) is 129 cm³/mol. The van der Waals surface area contributed by atoms with Gasteiger partial charge in [0, 0.05) is 24.8 Å². The van der Waals surface area contributed by atoms with Gasteiger partial charge in [-0.25, -0.2) is 0 Å². The number of carbonyl (C=O) groups excluding carboxylic acids is 1. The third kappa shape index (κ3) is 6.18. The highest BCUT2D eigenvalue weighted by Gasteiger charge is 2.29. The van der Waals surface area contributed by atoms with Crippen LogP contribution in [0.15, 0.2) is 83.4 Å². The van der Waals surface area contributed by atoms with E-state index in [4.69, 9.17) is 20.0 Å². The number of benzene rings is 2. The molecule has 0 fully saturated rings. The van der Waals surface area contributed by atoms with E-state index in [0.29, 0.717) is 29.0 Å². The van der Waals surface area contributed by atoms with Crippen LogP contribution in [0.2, 0.25) is 0 Å². The van der Waals surface area contributed by atoms with Crippen molar-refractivity contribution in [1.29, 1.82) is 5.41 Å². The number of Topliss-reactive ketones (excluding diaryl/α,β-unsaturated/α-hetero) is 1. The summed E-state index contributed by atoms with van der Waals surface area (Å²) in [6.07, 6.45) is 3.80. The number of aliphatic hydroxyl groups is 1. The Kier molecular flexibility index (Phi) is 8.73. The van der Waals surface area contributed by atoms with Crippen LogP contribution in [0.5, 0.6) is 0 Å². The molecule has 2 atom stereocenters. The zero-order valence-electron chi connectivity index (χ0n) is 19.2. The highest BCUT2D eigenvalue weighted by atomic mass is 16.5. The van der Waals surface area contributed by atoms with Crippen molar-refractivity contribution in [3.63, 3.8) is 0 Å². The van der Waals surface area contributed by atoms with Crippen molar-refractivity contribution in [3.05, 3.63) is 94.9 Å². The molecule has 0 amide bonds. The highest BCUT2D eigenvalue weighted by molar-refractivity contribution is 6.70. The van der Waals surface area contributed by atoms with E-state index >= 15 is 0 Å². The first-order chi connectivity index (χ1) is 16.5. The Balaban J connectivity index is 1.95. The van der Waals surface area contributed by atoms with E-state index in [2.05, 4.69) is 10.5 Å². The van der Waals surface area contributed by atoms with Crippen molar-refractivity contribution >= 4 is 17.2 Å². The van der Waals surface area contributed by atoms with Crippen LogP contribution >= 0.6 is 0 Å². The van der Waals surface area contributed by atoms with Crippen LogP contribution in [-0.4, -0.2) is 53.9 Å². The highest BCUT2D eigenvalue weighted by Crippen LogP contribution is 2.24. The number of hydrogen-bond donors (Lipinski definition) is 4. The Labute approximate surface area is 198 Å². The number of nitrogens with zero attached hydrogens (tertiary/aromatic N) is 1. The molecule has 0 bridgehead atoms. The minimum atomic E-state index is -0.925. The van der Waals surface area contributed by atoms with Crippen molar-refractivity contribution < 1.29 is 24.6 Å². The average molecular weight is 464 g/mol. The molecule has 34 heavy (non-hydrogen) atoms. The normalized spacial score (nSPS) is 16.8. The Hall–Kier alpha value is -3.75. The molecule has 4 N–H and O–H groups in total. The van der Waals surface area contributed by atoms with Crippen molar-refractivity contribution in [3.8, 4) is 0 Å². The molecule has 0 aromatic heterocycles. The second kappa shape index (κ2) is 11.9. The van der Waals surface area contributed by atoms with E-state index in [1.165, 1.54) is 0 Å². The quantitative estimate of drug-likeness (QED) is 0.230. The molecule has 8 nitrogen and oxygen atoms in total. The molecule has 8 heteroatoms. The summed E-state index contributed by atoms with van der Waals surface area (Å²) in [5.41, 5.74) is 2.19. The monoisotopic (exact) mass is 463 g/mol. The number of oxime groups is 1. The molecule has 0 heterocycles. The van der Waals surface area contributed by atoms with Gasteiger partial charge in [0.05, 0.1) is 12.7 Å². The van der Waals surface area contributed by atoms with Gasteiger partial charge in [-0.1, -0.05) is 65.3 Å². The largest absolute Gasteiger partial charge is 0.495 e. The van der Waals surface area contributed by atoms with Crippen molar-refractivity contribution in [2.75, 3.05) is 20.3 Å². The maximum absolute atomic E-state index is 13.6. The molecule has 0 radical (unpaired) electrons. The van der Waals surface area contributed by atoms with Crippen molar-refractivity contribution in [2.24, 2.45) is 5.16 Å².